The van der Waals surface area contributed by atoms with Crippen LogP contribution in [-0.4, -0.2) is 93.2 Å². The molecule has 2 aromatic carbocycles. The number of aliphatic hydroxyl groups is 4. The lowest BCUT2D eigenvalue weighted by Gasteiger charge is -2.52. The molecule has 4 aromatic rings. The summed E-state index contributed by atoms with van der Waals surface area (Å²) in [6.45, 7) is -0.690. The highest BCUT2D eigenvalue weighted by atomic mass is 16.5. The Hall–Kier alpha value is -4.36. The molecule has 5 rings (SSSR count). The Balaban J connectivity index is 1.67. The van der Waals surface area contributed by atoms with E-state index in [1.807, 2.05) is 36.4 Å². The van der Waals surface area contributed by atoms with Gasteiger partial charge in [-0.1, -0.05) is 60.7 Å². The van der Waals surface area contributed by atoms with Crippen molar-refractivity contribution >= 4 is 0 Å². The summed E-state index contributed by atoms with van der Waals surface area (Å²) in [5, 5.41) is 37.5. The Morgan fingerprint density at radius 3 is 1.18 bits per heavy atom. The van der Waals surface area contributed by atoms with Gasteiger partial charge < -0.3 is 39.4 Å². The van der Waals surface area contributed by atoms with Crippen LogP contribution < -0.4 is 18.9 Å². The van der Waals surface area contributed by atoms with Gasteiger partial charge in [-0.15, -0.1) is 0 Å². The normalized spacial score (nSPS) is 19.2. The van der Waals surface area contributed by atoms with Crippen LogP contribution in [0.25, 0.3) is 0 Å². The van der Waals surface area contributed by atoms with Crippen LogP contribution in [0.15, 0.2) is 72.8 Å². The van der Waals surface area contributed by atoms with Crippen molar-refractivity contribution in [3.8, 4) is 23.8 Å². The van der Waals surface area contributed by atoms with E-state index in [9.17, 15) is 20.4 Å². The number of nitrogens with zero attached hydrogens (tertiary/aromatic N) is 4. The van der Waals surface area contributed by atoms with Crippen molar-refractivity contribution in [1.82, 2.24) is 19.9 Å². The summed E-state index contributed by atoms with van der Waals surface area (Å²) in [5.74, 6) is -0.169. The van der Waals surface area contributed by atoms with E-state index in [2.05, 4.69) is 34.2 Å². The number of hydrogen-bond acceptors (Lipinski definition) is 12. The first-order chi connectivity index (χ1) is 21.7. The number of aliphatic hydroxyl groups excluding tert-OH is 4. The zero-order chi connectivity index (χ0) is 30.7. The summed E-state index contributed by atoms with van der Waals surface area (Å²) in [5.41, 5.74) is 3.45. The first kappa shape index (κ1) is 31.1. The van der Waals surface area contributed by atoms with Crippen LogP contribution in [0.5, 0.6) is 23.8 Å². The van der Waals surface area contributed by atoms with Gasteiger partial charge in [0, 0.05) is 35.8 Å². The van der Waals surface area contributed by atoms with Gasteiger partial charge >= 0.3 is 12.0 Å². The van der Waals surface area contributed by atoms with Gasteiger partial charge in [-0.25, -0.2) is 0 Å². The molecule has 1 saturated carbocycles. The molecule has 12 heteroatoms. The highest BCUT2D eigenvalue weighted by Gasteiger charge is 2.54. The molecule has 0 atom stereocenters. The SMILES string of the molecule is OCCOc1cc(C2C(c3ccccc3)C(c3cc(OCCO)nc(OCCO)n3)C2c2ccccc2)nc(OCCO)n1. The minimum absolute atomic E-state index is 0.00851. The molecule has 2 heterocycles. The van der Waals surface area contributed by atoms with Crippen molar-refractivity contribution in [2.75, 3.05) is 52.9 Å². The number of aromatic nitrogens is 4. The van der Waals surface area contributed by atoms with E-state index in [1.165, 1.54) is 0 Å². The fourth-order valence-electron chi connectivity index (χ4n) is 5.70. The lowest BCUT2D eigenvalue weighted by atomic mass is 9.50. The predicted octanol–water partition coefficient (Wildman–Crippen LogP) is 2.20. The van der Waals surface area contributed by atoms with Gasteiger partial charge in [0.2, 0.25) is 11.8 Å². The van der Waals surface area contributed by atoms with Gasteiger partial charge in [-0.3, -0.25) is 0 Å². The number of ether oxygens (including phenoxy) is 4. The maximum Gasteiger partial charge on any atom is 0.320 e. The molecule has 0 radical (unpaired) electrons. The molecule has 2 aromatic heterocycles. The molecular weight excluding hydrogens is 568 g/mol. The van der Waals surface area contributed by atoms with Gasteiger partial charge in [0.25, 0.3) is 0 Å². The Kier molecular flexibility index (Phi) is 10.9. The second-order valence-electron chi connectivity index (χ2n) is 10.0. The van der Waals surface area contributed by atoms with Crippen LogP contribution >= 0.6 is 0 Å². The third-order valence-corrected chi connectivity index (χ3v) is 7.33. The first-order valence-electron chi connectivity index (χ1n) is 14.5. The highest BCUT2D eigenvalue weighted by Crippen LogP contribution is 2.66. The zero-order valence-corrected chi connectivity index (χ0v) is 24.1. The minimum Gasteiger partial charge on any atom is -0.475 e. The van der Waals surface area contributed by atoms with E-state index in [4.69, 9.17) is 28.9 Å². The molecule has 1 aliphatic carbocycles. The zero-order valence-electron chi connectivity index (χ0n) is 24.1. The lowest BCUT2D eigenvalue weighted by molar-refractivity contribution is 0.172. The third-order valence-electron chi connectivity index (χ3n) is 7.33. The smallest absolute Gasteiger partial charge is 0.320 e. The lowest BCUT2D eigenvalue weighted by Crippen LogP contribution is -2.41. The first-order valence-corrected chi connectivity index (χ1v) is 14.5. The fourth-order valence-corrected chi connectivity index (χ4v) is 5.70. The van der Waals surface area contributed by atoms with Crippen LogP contribution in [0.4, 0.5) is 0 Å². The molecule has 0 amide bonds. The average molecular weight is 605 g/mol. The van der Waals surface area contributed by atoms with E-state index < -0.39 is 0 Å². The standard InChI is InChI=1S/C32H36N4O8/c37-11-15-41-25-19-23(33-31(35-25)43-17-13-39)29-27(21-7-3-1-4-8-21)30(28(29)22-9-5-2-6-10-22)24-20-26(42-16-12-38)36-32(34-24)44-18-14-40/h1-10,19-20,27-30,37-40H,11-18H2. The molecule has 232 valence electrons. The van der Waals surface area contributed by atoms with Crippen LogP contribution in [0.2, 0.25) is 0 Å². The second kappa shape index (κ2) is 15.4. The Labute approximate surface area is 254 Å². The molecule has 12 nitrogen and oxygen atoms in total. The number of hydrogen-bond donors (Lipinski definition) is 4. The van der Waals surface area contributed by atoms with E-state index >= 15 is 0 Å². The molecule has 0 unspecified atom stereocenters. The summed E-state index contributed by atoms with van der Waals surface area (Å²) in [6, 6.07) is 23.7. The van der Waals surface area contributed by atoms with Crippen molar-refractivity contribution in [1.29, 1.82) is 0 Å². The van der Waals surface area contributed by atoms with Crippen molar-refractivity contribution in [3.05, 3.63) is 95.3 Å². The average Bonchev–Trinajstić information content (AvgIpc) is 3.05. The molecule has 1 fully saturated rings. The molecule has 0 bridgehead atoms. The molecule has 4 N–H and O–H groups in total. The number of benzene rings is 2. The van der Waals surface area contributed by atoms with Crippen LogP contribution in [0, 0.1) is 0 Å². The third kappa shape index (κ3) is 7.22. The van der Waals surface area contributed by atoms with Crippen molar-refractivity contribution < 1.29 is 39.4 Å². The maximum atomic E-state index is 9.38. The van der Waals surface area contributed by atoms with Crippen molar-refractivity contribution in [2.45, 2.75) is 23.7 Å². The molecule has 0 spiro atoms. The van der Waals surface area contributed by atoms with E-state index in [1.54, 1.807) is 12.1 Å². The Bertz CT molecular complexity index is 1290. The molecule has 1 aliphatic rings. The van der Waals surface area contributed by atoms with E-state index in [-0.39, 0.29) is 100 Å². The predicted molar refractivity (Wildman–Crippen MR) is 158 cm³/mol. The monoisotopic (exact) mass is 604 g/mol. The highest BCUT2D eigenvalue weighted by molar-refractivity contribution is 5.47. The quantitative estimate of drug-likeness (QED) is 0.147. The van der Waals surface area contributed by atoms with Crippen molar-refractivity contribution in [2.24, 2.45) is 0 Å². The summed E-state index contributed by atoms with van der Waals surface area (Å²) < 4.78 is 22.6. The maximum absolute atomic E-state index is 9.38. The van der Waals surface area contributed by atoms with Gasteiger partial charge in [0.1, 0.15) is 26.4 Å². The largest absolute Gasteiger partial charge is 0.475 e. The number of rotatable bonds is 16. The van der Waals surface area contributed by atoms with Gasteiger partial charge in [-0.2, -0.15) is 19.9 Å². The molecular formula is C32H36N4O8. The second-order valence-corrected chi connectivity index (χ2v) is 10.0. The van der Waals surface area contributed by atoms with E-state index in [0.29, 0.717) is 11.4 Å². The minimum atomic E-state index is -0.208. The summed E-state index contributed by atoms with van der Waals surface area (Å²) in [7, 11) is 0. The Morgan fingerprint density at radius 2 is 0.818 bits per heavy atom. The summed E-state index contributed by atoms with van der Waals surface area (Å²) >= 11 is 0. The van der Waals surface area contributed by atoms with Gasteiger partial charge in [0.15, 0.2) is 0 Å². The van der Waals surface area contributed by atoms with Crippen LogP contribution in [0.3, 0.4) is 0 Å². The molecule has 0 aliphatic heterocycles. The van der Waals surface area contributed by atoms with Crippen molar-refractivity contribution in [3.63, 3.8) is 0 Å². The van der Waals surface area contributed by atoms with Crippen LogP contribution in [-0.2, 0) is 0 Å². The van der Waals surface area contributed by atoms with Gasteiger partial charge in [-0.05, 0) is 11.1 Å². The summed E-state index contributed by atoms with van der Waals surface area (Å²) in [6.07, 6.45) is 0. The summed E-state index contributed by atoms with van der Waals surface area (Å²) in [4.78, 5) is 18.2. The molecule has 0 saturated heterocycles. The molecule has 44 heavy (non-hydrogen) atoms. The van der Waals surface area contributed by atoms with E-state index in [0.717, 1.165) is 11.1 Å². The van der Waals surface area contributed by atoms with Crippen LogP contribution in [0.1, 0.15) is 46.2 Å². The van der Waals surface area contributed by atoms with Gasteiger partial charge in [0.05, 0.1) is 37.8 Å². The Morgan fingerprint density at radius 1 is 0.455 bits per heavy atom. The fraction of sp³-hybridized carbons (Fsp3) is 0.375. The topological polar surface area (TPSA) is 169 Å².